The number of esters is 1. The topological polar surface area (TPSA) is 39.2 Å². The van der Waals surface area contributed by atoms with E-state index in [1.807, 2.05) is 18.2 Å². The standard InChI is InChI=1S/C11H7BrClNO2/c1-16-11(15)10-8(13)4-6-2-3-7(12)5-9(6)14-10/h2-5H,1H3. The molecule has 1 aromatic heterocycles. The minimum atomic E-state index is -0.535. The normalized spacial score (nSPS) is 10.4. The molecule has 0 aliphatic heterocycles. The van der Waals surface area contributed by atoms with Gasteiger partial charge >= 0.3 is 5.97 Å². The maximum Gasteiger partial charge on any atom is 0.358 e. The fourth-order valence-electron chi connectivity index (χ4n) is 1.35. The maximum atomic E-state index is 11.4. The van der Waals surface area contributed by atoms with Crippen LogP contribution in [0.5, 0.6) is 0 Å². The van der Waals surface area contributed by atoms with E-state index in [4.69, 9.17) is 11.6 Å². The molecular weight excluding hydrogens is 293 g/mol. The monoisotopic (exact) mass is 299 g/mol. The van der Waals surface area contributed by atoms with E-state index in [1.54, 1.807) is 6.07 Å². The molecule has 82 valence electrons. The Balaban J connectivity index is 2.68. The quantitative estimate of drug-likeness (QED) is 0.757. The number of aromatic nitrogens is 1. The van der Waals surface area contributed by atoms with Gasteiger partial charge in [-0.3, -0.25) is 0 Å². The summed E-state index contributed by atoms with van der Waals surface area (Å²) in [5.74, 6) is -0.535. The van der Waals surface area contributed by atoms with Gasteiger partial charge in [0.25, 0.3) is 0 Å². The molecule has 16 heavy (non-hydrogen) atoms. The molecule has 0 saturated heterocycles. The molecule has 2 rings (SSSR count). The van der Waals surface area contributed by atoms with Crippen molar-refractivity contribution >= 4 is 44.4 Å². The number of methoxy groups -OCH3 is 1. The van der Waals surface area contributed by atoms with Crippen molar-refractivity contribution < 1.29 is 9.53 Å². The second-order valence-electron chi connectivity index (χ2n) is 3.15. The van der Waals surface area contributed by atoms with Crippen molar-refractivity contribution in [2.24, 2.45) is 0 Å². The van der Waals surface area contributed by atoms with E-state index in [0.717, 1.165) is 9.86 Å². The Hall–Kier alpha value is -1.13. The largest absolute Gasteiger partial charge is 0.464 e. The summed E-state index contributed by atoms with van der Waals surface area (Å²) in [6, 6.07) is 7.28. The van der Waals surface area contributed by atoms with Gasteiger partial charge in [-0.05, 0) is 18.2 Å². The van der Waals surface area contributed by atoms with E-state index in [-0.39, 0.29) is 5.69 Å². The molecule has 2 aromatic rings. The Morgan fingerprint density at radius 2 is 2.19 bits per heavy atom. The van der Waals surface area contributed by atoms with E-state index in [1.165, 1.54) is 7.11 Å². The van der Waals surface area contributed by atoms with Gasteiger partial charge < -0.3 is 4.74 Å². The Bertz CT molecular complexity index is 571. The van der Waals surface area contributed by atoms with Gasteiger partial charge in [-0.1, -0.05) is 33.6 Å². The number of fused-ring (bicyclic) bond motifs is 1. The zero-order chi connectivity index (χ0) is 11.7. The van der Waals surface area contributed by atoms with Crippen LogP contribution in [0.1, 0.15) is 10.5 Å². The van der Waals surface area contributed by atoms with Crippen LogP contribution in [0, 0.1) is 0 Å². The lowest BCUT2D eigenvalue weighted by Crippen LogP contribution is -2.05. The van der Waals surface area contributed by atoms with Crippen LogP contribution < -0.4 is 0 Å². The number of nitrogens with zero attached hydrogens (tertiary/aromatic N) is 1. The Kier molecular flexibility index (Phi) is 3.12. The van der Waals surface area contributed by atoms with Crippen LogP contribution in [0.3, 0.4) is 0 Å². The summed E-state index contributed by atoms with van der Waals surface area (Å²) in [5.41, 5.74) is 0.828. The lowest BCUT2D eigenvalue weighted by molar-refractivity contribution is 0.0595. The molecule has 0 spiro atoms. The molecule has 1 heterocycles. The number of hydrogen-bond donors (Lipinski definition) is 0. The zero-order valence-electron chi connectivity index (χ0n) is 8.33. The summed E-state index contributed by atoms with van der Waals surface area (Å²) >= 11 is 9.28. The number of halogens is 2. The van der Waals surface area contributed by atoms with E-state index < -0.39 is 5.97 Å². The molecule has 0 atom stereocenters. The summed E-state index contributed by atoms with van der Waals surface area (Å²) in [5, 5.41) is 1.17. The predicted molar refractivity (Wildman–Crippen MR) is 65.8 cm³/mol. The lowest BCUT2D eigenvalue weighted by atomic mass is 10.2. The van der Waals surface area contributed by atoms with Crippen molar-refractivity contribution in [2.75, 3.05) is 7.11 Å². The SMILES string of the molecule is COC(=O)c1nc2cc(Br)ccc2cc1Cl. The zero-order valence-corrected chi connectivity index (χ0v) is 10.7. The first kappa shape index (κ1) is 11.4. The van der Waals surface area contributed by atoms with Gasteiger partial charge in [0.15, 0.2) is 5.69 Å². The molecule has 0 radical (unpaired) electrons. The van der Waals surface area contributed by atoms with Crippen molar-refractivity contribution in [2.45, 2.75) is 0 Å². The van der Waals surface area contributed by atoms with Crippen LogP contribution in [-0.2, 0) is 4.74 Å². The Labute approximate surface area is 106 Å². The van der Waals surface area contributed by atoms with Crippen LogP contribution in [-0.4, -0.2) is 18.1 Å². The molecule has 0 N–H and O–H groups in total. The van der Waals surface area contributed by atoms with Gasteiger partial charge in [0.05, 0.1) is 17.6 Å². The summed E-state index contributed by atoms with van der Waals surface area (Å²) in [7, 11) is 1.30. The van der Waals surface area contributed by atoms with Crippen molar-refractivity contribution in [1.82, 2.24) is 4.98 Å². The summed E-state index contributed by atoms with van der Waals surface area (Å²) in [4.78, 5) is 15.6. The first-order valence-electron chi connectivity index (χ1n) is 4.46. The maximum absolute atomic E-state index is 11.4. The van der Waals surface area contributed by atoms with Crippen molar-refractivity contribution in [3.63, 3.8) is 0 Å². The molecular formula is C11H7BrClNO2. The molecule has 0 aliphatic carbocycles. The first-order chi connectivity index (χ1) is 7.61. The molecule has 5 heteroatoms. The second-order valence-corrected chi connectivity index (χ2v) is 4.47. The summed E-state index contributed by atoms with van der Waals surface area (Å²) in [6.07, 6.45) is 0. The van der Waals surface area contributed by atoms with Gasteiger partial charge in [0, 0.05) is 9.86 Å². The van der Waals surface area contributed by atoms with Gasteiger partial charge in [0.2, 0.25) is 0 Å². The first-order valence-corrected chi connectivity index (χ1v) is 5.63. The summed E-state index contributed by atoms with van der Waals surface area (Å²) < 4.78 is 5.49. The number of pyridine rings is 1. The highest BCUT2D eigenvalue weighted by molar-refractivity contribution is 9.10. The van der Waals surface area contributed by atoms with Gasteiger partial charge in [-0.15, -0.1) is 0 Å². The van der Waals surface area contributed by atoms with Crippen LogP contribution >= 0.6 is 27.5 Å². The highest BCUT2D eigenvalue weighted by Crippen LogP contribution is 2.24. The van der Waals surface area contributed by atoms with Crippen molar-refractivity contribution in [1.29, 1.82) is 0 Å². The smallest absolute Gasteiger partial charge is 0.358 e. The molecule has 0 aliphatic rings. The minimum Gasteiger partial charge on any atom is -0.464 e. The van der Waals surface area contributed by atoms with Gasteiger partial charge in [-0.2, -0.15) is 0 Å². The van der Waals surface area contributed by atoms with Crippen LogP contribution in [0.15, 0.2) is 28.7 Å². The third-order valence-corrected chi connectivity index (χ3v) is 2.89. The molecule has 0 bridgehead atoms. The van der Waals surface area contributed by atoms with E-state index >= 15 is 0 Å². The lowest BCUT2D eigenvalue weighted by Gasteiger charge is -2.04. The van der Waals surface area contributed by atoms with Crippen LogP contribution in [0.4, 0.5) is 0 Å². The van der Waals surface area contributed by atoms with Crippen LogP contribution in [0.2, 0.25) is 5.02 Å². The molecule has 0 unspecified atom stereocenters. The highest BCUT2D eigenvalue weighted by atomic mass is 79.9. The number of benzene rings is 1. The average molecular weight is 301 g/mol. The molecule has 1 aromatic carbocycles. The van der Waals surface area contributed by atoms with Crippen LogP contribution in [0.25, 0.3) is 10.9 Å². The highest BCUT2D eigenvalue weighted by Gasteiger charge is 2.13. The van der Waals surface area contributed by atoms with Crippen molar-refractivity contribution in [3.05, 3.63) is 39.5 Å². The molecule has 0 fully saturated rings. The third kappa shape index (κ3) is 2.03. The Morgan fingerprint density at radius 3 is 2.88 bits per heavy atom. The number of ether oxygens (including phenoxy) is 1. The van der Waals surface area contributed by atoms with Gasteiger partial charge in [0.1, 0.15) is 0 Å². The fraction of sp³-hybridized carbons (Fsp3) is 0.0909. The van der Waals surface area contributed by atoms with Crippen molar-refractivity contribution in [3.8, 4) is 0 Å². The molecule has 0 saturated carbocycles. The van der Waals surface area contributed by atoms with E-state index in [2.05, 4.69) is 25.7 Å². The minimum absolute atomic E-state index is 0.134. The number of carbonyl (C=O) groups is 1. The second kappa shape index (κ2) is 4.39. The summed E-state index contributed by atoms with van der Waals surface area (Å²) in [6.45, 7) is 0. The third-order valence-electron chi connectivity index (χ3n) is 2.11. The number of carbonyl (C=O) groups excluding carboxylic acids is 1. The predicted octanol–water partition coefficient (Wildman–Crippen LogP) is 3.44. The molecule has 0 amide bonds. The molecule has 3 nitrogen and oxygen atoms in total. The fourth-order valence-corrected chi connectivity index (χ4v) is 1.94. The number of rotatable bonds is 1. The van der Waals surface area contributed by atoms with Gasteiger partial charge in [-0.25, -0.2) is 9.78 Å². The van der Waals surface area contributed by atoms with E-state index in [9.17, 15) is 4.79 Å². The number of hydrogen-bond acceptors (Lipinski definition) is 3. The Morgan fingerprint density at radius 1 is 1.44 bits per heavy atom. The van der Waals surface area contributed by atoms with E-state index in [0.29, 0.717) is 10.5 Å². The average Bonchev–Trinajstić information content (AvgIpc) is 2.28.